The number of carbonyl (C=O) groups is 1. The Morgan fingerprint density at radius 3 is 2.55 bits per heavy atom. The van der Waals surface area contributed by atoms with Gasteiger partial charge < -0.3 is 4.74 Å². The van der Waals surface area contributed by atoms with Gasteiger partial charge in [0.2, 0.25) is 0 Å². The maximum absolute atomic E-state index is 12.0. The van der Waals surface area contributed by atoms with Gasteiger partial charge in [-0.1, -0.05) is 11.6 Å². The van der Waals surface area contributed by atoms with Gasteiger partial charge in [0.1, 0.15) is 5.38 Å². The molecule has 0 aromatic carbocycles. The van der Waals surface area contributed by atoms with Gasteiger partial charge in [-0.25, -0.2) is 4.39 Å². The van der Waals surface area contributed by atoms with Gasteiger partial charge in [0.25, 0.3) is 0 Å². The van der Waals surface area contributed by atoms with E-state index in [1.165, 1.54) is 0 Å². The molecule has 0 aliphatic carbocycles. The number of rotatable bonds is 4. The second-order valence-electron chi connectivity index (χ2n) is 1.85. The van der Waals surface area contributed by atoms with Crippen molar-refractivity contribution < 1.29 is 13.9 Å². The Morgan fingerprint density at radius 2 is 2.18 bits per heavy atom. The highest BCUT2D eigenvalue weighted by molar-refractivity contribution is 6.30. The maximum atomic E-state index is 12.0. The predicted octanol–water partition coefficient (Wildman–Crippen LogP) is 2.08. The van der Waals surface area contributed by atoms with Crippen LogP contribution in [0.15, 0.2) is 0 Å². The molecule has 5 heteroatoms. The SMILES string of the molecule is CCOC(=O)C(Cl)CC(F)Cl. The number of carbonyl (C=O) groups excluding carboxylic acids is 1. The van der Waals surface area contributed by atoms with E-state index in [0.717, 1.165) is 0 Å². The molecule has 0 fully saturated rings. The van der Waals surface area contributed by atoms with Gasteiger partial charge in [0, 0.05) is 6.42 Å². The van der Waals surface area contributed by atoms with E-state index in [-0.39, 0.29) is 13.0 Å². The van der Waals surface area contributed by atoms with E-state index in [1.807, 2.05) is 0 Å². The van der Waals surface area contributed by atoms with E-state index >= 15 is 0 Å². The molecular weight excluding hydrogens is 194 g/mol. The number of esters is 1. The molecule has 0 bridgehead atoms. The molecule has 11 heavy (non-hydrogen) atoms. The quantitative estimate of drug-likeness (QED) is 0.516. The molecule has 2 nitrogen and oxygen atoms in total. The van der Waals surface area contributed by atoms with Crippen molar-refractivity contribution in [3.05, 3.63) is 0 Å². The van der Waals surface area contributed by atoms with Crippen molar-refractivity contribution in [2.45, 2.75) is 24.4 Å². The highest BCUT2D eigenvalue weighted by atomic mass is 35.5. The van der Waals surface area contributed by atoms with Crippen LogP contribution in [0.25, 0.3) is 0 Å². The summed E-state index contributed by atoms with van der Waals surface area (Å²) in [5, 5.41) is -0.984. The molecule has 0 radical (unpaired) electrons. The summed E-state index contributed by atoms with van der Waals surface area (Å²) >= 11 is 10.4. The summed E-state index contributed by atoms with van der Waals surface area (Å²) in [6.07, 6.45) is -0.220. The topological polar surface area (TPSA) is 26.3 Å². The monoisotopic (exact) mass is 202 g/mol. The highest BCUT2D eigenvalue weighted by Crippen LogP contribution is 2.13. The van der Waals surface area contributed by atoms with Crippen molar-refractivity contribution in [1.29, 1.82) is 0 Å². The molecule has 0 aromatic rings. The van der Waals surface area contributed by atoms with Crippen molar-refractivity contribution in [3.63, 3.8) is 0 Å². The van der Waals surface area contributed by atoms with E-state index in [4.69, 9.17) is 23.2 Å². The zero-order valence-corrected chi connectivity index (χ0v) is 7.53. The number of alkyl halides is 3. The number of hydrogen-bond donors (Lipinski definition) is 0. The van der Waals surface area contributed by atoms with Gasteiger partial charge in [-0.05, 0) is 6.92 Å². The van der Waals surface area contributed by atoms with E-state index in [9.17, 15) is 9.18 Å². The third kappa shape index (κ3) is 5.27. The van der Waals surface area contributed by atoms with Crippen LogP contribution >= 0.6 is 23.2 Å². The fraction of sp³-hybridized carbons (Fsp3) is 0.833. The Labute approximate surface area is 74.6 Å². The lowest BCUT2D eigenvalue weighted by atomic mass is 10.3. The van der Waals surface area contributed by atoms with E-state index in [2.05, 4.69) is 4.74 Å². The van der Waals surface area contributed by atoms with Crippen LogP contribution in [0.4, 0.5) is 4.39 Å². The first-order valence-corrected chi connectivity index (χ1v) is 4.04. The van der Waals surface area contributed by atoms with Crippen LogP contribution in [-0.4, -0.2) is 23.6 Å². The molecule has 66 valence electrons. The molecular formula is C6H9Cl2FO2. The van der Waals surface area contributed by atoms with Crippen molar-refractivity contribution in [1.82, 2.24) is 0 Å². The predicted molar refractivity (Wildman–Crippen MR) is 41.6 cm³/mol. The first-order valence-electron chi connectivity index (χ1n) is 3.16. The second kappa shape index (κ2) is 5.61. The van der Waals surface area contributed by atoms with Gasteiger partial charge in [0.15, 0.2) is 5.63 Å². The van der Waals surface area contributed by atoms with Crippen LogP contribution in [0.2, 0.25) is 0 Å². The van der Waals surface area contributed by atoms with Crippen molar-refractivity contribution >= 4 is 29.2 Å². The zero-order chi connectivity index (χ0) is 8.85. The average molecular weight is 203 g/mol. The molecule has 0 saturated carbocycles. The van der Waals surface area contributed by atoms with Crippen molar-refractivity contribution in [2.75, 3.05) is 6.61 Å². The second-order valence-corrected chi connectivity index (χ2v) is 2.85. The van der Waals surface area contributed by atoms with E-state index < -0.39 is 17.0 Å². The number of halogens is 3. The molecule has 0 aliphatic heterocycles. The summed E-state index contributed by atoms with van der Waals surface area (Å²) in [7, 11) is 0. The molecule has 0 N–H and O–H groups in total. The van der Waals surface area contributed by atoms with Crippen LogP contribution in [0.3, 0.4) is 0 Å². The zero-order valence-electron chi connectivity index (χ0n) is 6.02. The molecule has 2 atom stereocenters. The first kappa shape index (κ1) is 11.0. The van der Waals surface area contributed by atoms with E-state index in [0.29, 0.717) is 0 Å². The lowest BCUT2D eigenvalue weighted by Gasteiger charge is -2.07. The minimum absolute atomic E-state index is 0.220. The van der Waals surface area contributed by atoms with Gasteiger partial charge in [-0.3, -0.25) is 4.79 Å². The van der Waals surface area contributed by atoms with Crippen LogP contribution in [0.1, 0.15) is 13.3 Å². The third-order valence-corrected chi connectivity index (χ3v) is 1.46. The fourth-order valence-electron chi connectivity index (χ4n) is 0.485. The smallest absolute Gasteiger partial charge is 0.324 e. The Bertz CT molecular complexity index is 130. The number of ether oxygens (including phenoxy) is 1. The Morgan fingerprint density at radius 1 is 1.64 bits per heavy atom. The maximum Gasteiger partial charge on any atom is 0.324 e. The van der Waals surface area contributed by atoms with Crippen molar-refractivity contribution in [2.24, 2.45) is 0 Å². The van der Waals surface area contributed by atoms with Gasteiger partial charge in [-0.15, -0.1) is 11.6 Å². The summed E-state index contributed by atoms with van der Waals surface area (Å²) in [6, 6.07) is 0. The lowest BCUT2D eigenvalue weighted by molar-refractivity contribution is -0.142. The minimum atomic E-state index is -1.60. The molecule has 2 unspecified atom stereocenters. The van der Waals surface area contributed by atoms with Crippen LogP contribution in [-0.2, 0) is 9.53 Å². The molecule has 0 aromatic heterocycles. The molecule has 0 rings (SSSR count). The number of hydrogen-bond acceptors (Lipinski definition) is 2. The molecule has 0 saturated heterocycles. The third-order valence-electron chi connectivity index (χ3n) is 0.927. The largest absolute Gasteiger partial charge is 0.465 e. The minimum Gasteiger partial charge on any atom is -0.465 e. The molecule has 0 spiro atoms. The van der Waals surface area contributed by atoms with Crippen LogP contribution < -0.4 is 0 Å². The molecule has 0 aliphatic rings. The van der Waals surface area contributed by atoms with Crippen LogP contribution in [0.5, 0.6) is 0 Å². The van der Waals surface area contributed by atoms with Crippen LogP contribution in [0, 0.1) is 0 Å². The summed E-state index contributed by atoms with van der Waals surface area (Å²) in [5.74, 6) is -0.627. The van der Waals surface area contributed by atoms with Gasteiger partial charge in [-0.2, -0.15) is 0 Å². The Kier molecular flexibility index (Phi) is 5.60. The summed E-state index contributed by atoms with van der Waals surface area (Å²) in [4.78, 5) is 10.7. The summed E-state index contributed by atoms with van der Waals surface area (Å²) in [6.45, 7) is 1.89. The fourth-order valence-corrected chi connectivity index (χ4v) is 0.974. The Hall–Kier alpha value is -0.0200. The lowest BCUT2D eigenvalue weighted by Crippen LogP contribution is -2.19. The Balaban J connectivity index is 3.64. The summed E-state index contributed by atoms with van der Waals surface area (Å²) < 4.78 is 16.5. The first-order chi connectivity index (χ1) is 5.07. The highest BCUT2D eigenvalue weighted by Gasteiger charge is 2.19. The summed E-state index contributed by atoms with van der Waals surface area (Å²) in [5.41, 5.74) is -1.60. The van der Waals surface area contributed by atoms with Gasteiger partial charge in [0.05, 0.1) is 6.61 Å². The van der Waals surface area contributed by atoms with E-state index in [1.54, 1.807) is 6.92 Å². The van der Waals surface area contributed by atoms with Gasteiger partial charge >= 0.3 is 5.97 Å². The molecule has 0 amide bonds. The normalized spacial score (nSPS) is 15.6. The standard InChI is InChI=1S/C6H9Cl2FO2/c1-2-11-6(10)4(7)3-5(8)9/h4-5H,2-3H2,1H3. The average Bonchev–Trinajstić information content (AvgIpc) is 1.86. The molecule has 0 heterocycles. The van der Waals surface area contributed by atoms with Crippen molar-refractivity contribution in [3.8, 4) is 0 Å².